The zero-order chi connectivity index (χ0) is 19.1. The molecule has 0 rings (SSSR count). The van der Waals surface area contributed by atoms with Gasteiger partial charge in [0.25, 0.3) is 0 Å². The van der Waals surface area contributed by atoms with Crippen molar-refractivity contribution in [3.05, 3.63) is 4.91 Å². The summed E-state index contributed by atoms with van der Waals surface area (Å²) in [7, 11) is 0. The zero-order valence-electron chi connectivity index (χ0n) is 18.3. The highest BCUT2D eigenvalue weighted by atomic mass is 16.3. The molecule has 2 heteroatoms. The van der Waals surface area contributed by atoms with E-state index < -0.39 is 0 Å². The van der Waals surface area contributed by atoms with E-state index in [1.807, 2.05) is 0 Å². The molecule has 0 saturated carbocycles. The summed E-state index contributed by atoms with van der Waals surface area (Å²) < 4.78 is 0. The highest BCUT2D eigenvalue weighted by molar-refractivity contribution is 4.63. The predicted molar refractivity (Wildman–Crippen MR) is 118 cm³/mol. The van der Waals surface area contributed by atoms with Crippen LogP contribution in [0, 0.1) is 10.8 Å². The van der Waals surface area contributed by atoms with Crippen LogP contribution < -0.4 is 0 Å². The zero-order valence-corrected chi connectivity index (χ0v) is 18.3. The molecule has 0 spiro atoms. The molecule has 0 aromatic heterocycles. The smallest absolute Gasteiger partial charge is 0.0839 e. The van der Waals surface area contributed by atoms with Gasteiger partial charge in [0.05, 0.1) is 6.54 Å². The molecule has 0 radical (unpaired) electrons. The van der Waals surface area contributed by atoms with Gasteiger partial charge in [-0.25, -0.2) is 0 Å². The van der Waals surface area contributed by atoms with Gasteiger partial charge < -0.3 is 0 Å². The first kappa shape index (κ1) is 25.6. The minimum Gasteiger partial charge on any atom is -0.151 e. The summed E-state index contributed by atoms with van der Waals surface area (Å²) in [4.78, 5) is 10.7. The van der Waals surface area contributed by atoms with Crippen LogP contribution in [0.2, 0.25) is 0 Å². The molecule has 0 aliphatic carbocycles. The lowest BCUT2D eigenvalue weighted by Gasteiger charge is -2.13. The molecule has 1 atom stereocenters. The molecule has 0 saturated heterocycles. The van der Waals surface area contributed by atoms with Gasteiger partial charge in [0.15, 0.2) is 0 Å². The second-order valence-corrected chi connectivity index (χ2v) is 8.41. The standard InChI is InChI=1S/C24H49NO/c1-3-5-7-9-11-13-14-16-18-20-22-24(23-25-26)21-19-17-15-12-10-8-6-4-2/h24H,3-23H2,1-2H3. The lowest BCUT2D eigenvalue weighted by atomic mass is 9.94. The Hall–Kier alpha value is -0.400. The summed E-state index contributed by atoms with van der Waals surface area (Å²) in [5.74, 6) is 0.557. The average Bonchev–Trinajstić information content (AvgIpc) is 2.65. The Morgan fingerprint density at radius 1 is 0.500 bits per heavy atom. The summed E-state index contributed by atoms with van der Waals surface area (Å²) in [5, 5.41) is 3.20. The van der Waals surface area contributed by atoms with Gasteiger partial charge in [-0.15, -0.1) is 0 Å². The van der Waals surface area contributed by atoms with Gasteiger partial charge in [0.2, 0.25) is 0 Å². The van der Waals surface area contributed by atoms with E-state index >= 15 is 0 Å². The van der Waals surface area contributed by atoms with Crippen LogP contribution in [0.4, 0.5) is 0 Å². The molecule has 0 bridgehead atoms. The average molecular weight is 368 g/mol. The normalized spacial score (nSPS) is 12.4. The van der Waals surface area contributed by atoms with Gasteiger partial charge in [0.1, 0.15) is 0 Å². The Kier molecular flexibility index (Phi) is 22.3. The van der Waals surface area contributed by atoms with Crippen LogP contribution in [0.25, 0.3) is 0 Å². The van der Waals surface area contributed by atoms with E-state index in [4.69, 9.17) is 0 Å². The second-order valence-electron chi connectivity index (χ2n) is 8.41. The summed E-state index contributed by atoms with van der Waals surface area (Å²) in [6, 6.07) is 0. The maximum Gasteiger partial charge on any atom is 0.0839 e. The number of rotatable bonds is 22. The molecular formula is C24H49NO. The number of hydrogen-bond donors (Lipinski definition) is 0. The van der Waals surface area contributed by atoms with E-state index in [1.54, 1.807) is 0 Å². The van der Waals surface area contributed by atoms with Crippen LogP contribution in [0.5, 0.6) is 0 Å². The van der Waals surface area contributed by atoms with Crippen molar-refractivity contribution in [2.45, 2.75) is 142 Å². The first-order valence-corrected chi connectivity index (χ1v) is 12.1. The largest absolute Gasteiger partial charge is 0.151 e. The van der Waals surface area contributed by atoms with E-state index in [0.29, 0.717) is 12.5 Å². The molecule has 1 unspecified atom stereocenters. The maximum atomic E-state index is 10.7. The van der Waals surface area contributed by atoms with Crippen molar-refractivity contribution >= 4 is 0 Å². The third kappa shape index (κ3) is 19.9. The summed E-state index contributed by atoms with van der Waals surface area (Å²) in [6.07, 6.45) is 27.3. The van der Waals surface area contributed by atoms with Crippen LogP contribution in [0.1, 0.15) is 142 Å². The first-order chi connectivity index (χ1) is 12.8. The second kappa shape index (κ2) is 22.6. The number of nitrogens with zero attached hydrogens (tertiary/aromatic N) is 1. The van der Waals surface area contributed by atoms with Crippen molar-refractivity contribution in [3.63, 3.8) is 0 Å². The summed E-state index contributed by atoms with van der Waals surface area (Å²) >= 11 is 0. The van der Waals surface area contributed by atoms with Crippen molar-refractivity contribution in [3.8, 4) is 0 Å². The molecule has 2 nitrogen and oxygen atoms in total. The minimum atomic E-state index is 0.550. The van der Waals surface area contributed by atoms with Crippen molar-refractivity contribution in [1.82, 2.24) is 0 Å². The van der Waals surface area contributed by atoms with Crippen molar-refractivity contribution in [2.75, 3.05) is 6.54 Å². The van der Waals surface area contributed by atoms with Gasteiger partial charge in [0, 0.05) is 0 Å². The minimum absolute atomic E-state index is 0.550. The Morgan fingerprint density at radius 3 is 1.12 bits per heavy atom. The van der Waals surface area contributed by atoms with Gasteiger partial charge in [-0.05, 0) is 18.8 Å². The molecule has 0 heterocycles. The van der Waals surface area contributed by atoms with E-state index in [-0.39, 0.29) is 0 Å². The van der Waals surface area contributed by atoms with Crippen LogP contribution in [-0.2, 0) is 0 Å². The number of nitroso groups, excluding NO2 is 1. The number of hydrogen-bond acceptors (Lipinski definition) is 2. The van der Waals surface area contributed by atoms with Crippen LogP contribution in [0.15, 0.2) is 5.18 Å². The SMILES string of the molecule is CCCCCCCCCCCCC(CCCCCCCCCC)CN=O. The molecular weight excluding hydrogens is 318 g/mol. The third-order valence-corrected chi connectivity index (χ3v) is 5.76. The van der Waals surface area contributed by atoms with E-state index in [0.717, 1.165) is 0 Å². The van der Waals surface area contributed by atoms with Crippen LogP contribution >= 0.6 is 0 Å². The number of unbranched alkanes of at least 4 members (excludes halogenated alkanes) is 16. The Morgan fingerprint density at radius 2 is 0.808 bits per heavy atom. The van der Waals surface area contributed by atoms with Gasteiger partial charge >= 0.3 is 0 Å². The lowest BCUT2D eigenvalue weighted by Crippen LogP contribution is -2.04. The Balaban J connectivity index is 3.43. The maximum absolute atomic E-state index is 10.7. The van der Waals surface area contributed by atoms with Crippen molar-refractivity contribution in [2.24, 2.45) is 11.1 Å². The van der Waals surface area contributed by atoms with Crippen LogP contribution in [-0.4, -0.2) is 6.54 Å². The monoisotopic (exact) mass is 367 g/mol. The molecule has 26 heavy (non-hydrogen) atoms. The summed E-state index contributed by atoms with van der Waals surface area (Å²) in [6.45, 7) is 5.10. The van der Waals surface area contributed by atoms with Gasteiger partial charge in [-0.1, -0.05) is 135 Å². The molecule has 0 aliphatic heterocycles. The quantitative estimate of drug-likeness (QED) is 0.138. The van der Waals surface area contributed by atoms with Crippen molar-refractivity contribution < 1.29 is 0 Å². The first-order valence-electron chi connectivity index (χ1n) is 12.1. The molecule has 156 valence electrons. The topological polar surface area (TPSA) is 29.4 Å². The summed E-state index contributed by atoms with van der Waals surface area (Å²) in [5.41, 5.74) is 0. The fraction of sp³-hybridized carbons (Fsp3) is 1.00. The van der Waals surface area contributed by atoms with Crippen LogP contribution in [0.3, 0.4) is 0 Å². The van der Waals surface area contributed by atoms with E-state index in [1.165, 1.54) is 128 Å². The van der Waals surface area contributed by atoms with Crippen molar-refractivity contribution in [1.29, 1.82) is 0 Å². The third-order valence-electron chi connectivity index (χ3n) is 5.76. The Labute approximate surface area is 165 Å². The lowest BCUT2D eigenvalue weighted by molar-refractivity contribution is 0.409. The van der Waals surface area contributed by atoms with E-state index in [9.17, 15) is 4.91 Å². The fourth-order valence-corrected chi connectivity index (χ4v) is 3.92. The highest BCUT2D eigenvalue weighted by Crippen LogP contribution is 2.20. The molecule has 0 fully saturated rings. The molecule has 0 N–H and O–H groups in total. The van der Waals surface area contributed by atoms with Gasteiger partial charge in [-0.2, -0.15) is 4.91 Å². The molecule has 0 amide bonds. The molecule has 0 aromatic carbocycles. The van der Waals surface area contributed by atoms with E-state index in [2.05, 4.69) is 19.0 Å². The van der Waals surface area contributed by atoms with Gasteiger partial charge in [-0.3, -0.25) is 0 Å². The predicted octanol–water partition coefficient (Wildman–Crippen LogP) is 9.21. The highest BCUT2D eigenvalue weighted by Gasteiger charge is 2.08. The Bertz CT molecular complexity index is 267. The fourth-order valence-electron chi connectivity index (χ4n) is 3.92. The molecule has 0 aliphatic rings. The molecule has 0 aromatic rings.